The minimum absolute atomic E-state index is 0.760. The van der Waals surface area contributed by atoms with Crippen molar-refractivity contribution in [1.29, 1.82) is 0 Å². The minimum atomic E-state index is -1.46. The highest BCUT2D eigenvalue weighted by Gasteiger charge is 2.43. The van der Waals surface area contributed by atoms with Crippen LogP contribution in [0.1, 0.15) is 33.4 Å². The number of benzene rings is 6. The topological polar surface area (TPSA) is 40.5 Å². The molecule has 2 nitrogen and oxygen atoms in total. The van der Waals surface area contributed by atoms with E-state index < -0.39 is 11.2 Å². The molecule has 2 N–H and O–H groups in total. The summed E-state index contributed by atoms with van der Waals surface area (Å²) in [6, 6.07) is 51.8. The molecule has 0 amide bonds. The van der Waals surface area contributed by atoms with Gasteiger partial charge in [-0.2, -0.15) is 0 Å². The molecule has 0 radical (unpaired) electrons. The highest BCUT2D eigenvalue weighted by atomic mass is 16.3. The van der Waals surface area contributed by atoms with E-state index >= 15 is 0 Å². The van der Waals surface area contributed by atoms with E-state index in [2.05, 4.69) is 0 Å². The molecule has 0 spiro atoms. The Morgan fingerprint density at radius 1 is 0.275 bits per heavy atom. The van der Waals surface area contributed by atoms with Crippen LogP contribution < -0.4 is 0 Å². The van der Waals surface area contributed by atoms with E-state index in [-0.39, 0.29) is 0 Å². The lowest BCUT2D eigenvalue weighted by Gasteiger charge is -2.39. The lowest BCUT2D eigenvalue weighted by molar-refractivity contribution is 0.123. The molecule has 7 rings (SSSR count). The second-order valence-corrected chi connectivity index (χ2v) is 10.3. The molecule has 2 heteroatoms. The smallest absolute Gasteiger partial charge is 0.141 e. The van der Waals surface area contributed by atoms with E-state index in [1.165, 1.54) is 0 Å². The van der Waals surface area contributed by atoms with E-state index in [0.717, 1.165) is 55.6 Å². The average Bonchev–Trinajstić information content (AvgIpc) is 3.04. The zero-order valence-electron chi connectivity index (χ0n) is 21.9. The SMILES string of the molecule is OC1(c2ccccc2)c2ccccc2-c2ccccc2C(O)(c2ccccc2)c2ccccc2-c2ccccc21. The first kappa shape index (κ1) is 24.3. The van der Waals surface area contributed by atoms with Gasteiger partial charge in [-0.1, -0.05) is 158 Å². The van der Waals surface area contributed by atoms with Gasteiger partial charge in [0.25, 0.3) is 0 Å². The lowest BCUT2D eigenvalue weighted by Crippen LogP contribution is -2.34. The fraction of sp³-hybridized carbons (Fsp3) is 0.0526. The van der Waals surface area contributed by atoms with E-state index in [0.29, 0.717) is 0 Å². The summed E-state index contributed by atoms with van der Waals surface area (Å²) in [4.78, 5) is 0. The second-order valence-electron chi connectivity index (χ2n) is 10.3. The van der Waals surface area contributed by atoms with E-state index in [1.54, 1.807) is 0 Å². The van der Waals surface area contributed by atoms with Crippen LogP contribution in [0, 0.1) is 0 Å². The largest absolute Gasteiger partial charge is 0.376 e. The van der Waals surface area contributed by atoms with Crippen LogP contribution in [-0.4, -0.2) is 10.2 Å². The molecule has 0 aliphatic heterocycles. The van der Waals surface area contributed by atoms with Gasteiger partial charge in [-0.15, -0.1) is 0 Å². The van der Waals surface area contributed by atoms with Gasteiger partial charge in [0.15, 0.2) is 0 Å². The van der Waals surface area contributed by atoms with Crippen molar-refractivity contribution in [2.24, 2.45) is 0 Å². The zero-order chi connectivity index (χ0) is 27.2. The maximum Gasteiger partial charge on any atom is 0.141 e. The highest BCUT2D eigenvalue weighted by molar-refractivity contribution is 5.83. The van der Waals surface area contributed by atoms with Gasteiger partial charge in [-0.05, 0) is 33.4 Å². The Balaban J connectivity index is 1.72. The van der Waals surface area contributed by atoms with Crippen molar-refractivity contribution in [3.8, 4) is 22.3 Å². The number of rotatable bonds is 2. The van der Waals surface area contributed by atoms with Gasteiger partial charge in [0.05, 0.1) is 0 Å². The Morgan fingerprint density at radius 3 is 0.775 bits per heavy atom. The molecule has 0 aromatic heterocycles. The monoisotopic (exact) mass is 516 g/mol. The van der Waals surface area contributed by atoms with Crippen molar-refractivity contribution in [1.82, 2.24) is 0 Å². The van der Waals surface area contributed by atoms with Gasteiger partial charge in [0, 0.05) is 22.3 Å². The van der Waals surface area contributed by atoms with E-state index in [4.69, 9.17) is 0 Å². The van der Waals surface area contributed by atoms with Crippen LogP contribution in [0.2, 0.25) is 0 Å². The molecule has 0 fully saturated rings. The van der Waals surface area contributed by atoms with Crippen molar-refractivity contribution < 1.29 is 10.2 Å². The summed E-state index contributed by atoms with van der Waals surface area (Å²) in [5, 5.41) is 26.2. The van der Waals surface area contributed by atoms with Crippen LogP contribution in [0.4, 0.5) is 0 Å². The summed E-state index contributed by atoms with van der Waals surface area (Å²) in [7, 11) is 0. The van der Waals surface area contributed by atoms with Crippen LogP contribution in [0.25, 0.3) is 22.3 Å². The van der Waals surface area contributed by atoms with Crippen molar-refractivity contribution in [2.45, 2.75) is 11.2 Å². The molecule has 0 unspecified atom stereocenters. The molecule has 6 aromatic carbocycles. The Kier molecular flexibility index (Phi) is 5.74. The van der Waals surface area contributed by atoms with Gasteiger partial charge in [0.1, 0.15) is 11.2 Å². The fourth-order valence-electron chi connectivity index (χ4n) is 6.40. The molecule has 0 saturated heterocycles. The predicted molar refractivity (Wildman–Crippen MR) is 161 cm³/mol. The van der Waals surface area contributed by atoms with Gasteiger partial charge in [-0.3, -0.25) is 0 Å². The molecule has 1 aliphatic rings. The summed E-state index contributed by atoms with van der Waals surface area (Å²) in [5.41, 5.74) is 5.15. The summed E-state index contributed by atoms with van der Waals surface area (Å²) in [6.45, 7) is 0. The Hall–Kier alpha value is -4.76. The number of fused-ring (bicyclic) bond motifs is 6. The van der Waals surface area contributed by atoms with Crippen LogP contribution >= 0.6 is 0 Å². The summed E-state index contributed by atoms with van der Waals surface area (Å²) >= 11 is 0. The van der Waals surface area contributed by atoms with Gasteiger partial charge in [0.2, 0.25) is 0 Å². The lowest BCUT2D eigenvalue weighted by atomic mass is 9.69. The first-order valence-corrected chi connectivity index (χ1v) is 13.6. The quantitative estimate of drug-likeness (QED) is 0.246. The first-order valence-electron chi connectivity index (χ1n) is 13.6. The van der Waals surface area contributed by atoms with Crippen molar-refractivity contribution >= 4 is 0 Å². The Bertz CT molecular complexity index is 1590. The molecule has 192 valence electrons. The van der Waals surface area contributed by atoms with Gasteiger partial charge in [-0.25, -0.2) is 0 Å². The zero-order valence-corrected chi connectivity index (χ0v) is 21.9. The molecule has 0 heterocycles. The van der Waals surface area contributed by atoms with Crippen LogP contribution in [0.5, 0.6) is 0 Å². The van der Waals surface area contributed by atoms with Crippen LogP contribution in [0.15, 0.2) is 158 Å². The predicted octanol–water partition coefficient (Wildman–Crippen LogP) is 7.90. The van der Waals surface area contributed by atoms with Crippen LogP contribution in [-0.2, 0) is 11.2 Å². The molecular formula is C38H28O2. The van der Waals surface area contributed by atoms with Crippen molar-refractivity contribution in [3.63, 3.8) is 0 Å². The molecule has 6 aromatic rings. The van der Waals surface area contributed by atoms with Gasteiger partial charge < -0.3 is 10.2 Å². The standard InChI is InChI=1S/C38H28O2/c39-37(27-15-3-1-4-16-27)33-23-11-7-19-29(33)31-21-9-13-25-35(31)38(40,28-17-5-2-6-18-28)36-26-14-10-22-32(36)30-20-8-12-24-34(30)37/h1-26,39-40H. The summed E-state index contributed by atoms with van der Waals surface area (Å²) < 4.78 is 0. The molecule has 1 aliphatic carbocycles. The highest BCUT2D eigenvalue weighted by Crippen LogP contribution is 2.51. The molecule has 40 heavy (non-hydrogen) atoms. The third-order valence-corrected chi connectivity index (χ3v) is 8.23. The Labute approximate surface area is 234 Å². The maximum atomic E-state index is 13.1. The molecule has 0 bridgehead atoms. The second kappa shape index (κ2) is 9.46. The fourth-order valence-corrected chi connectivity index (χ4v) is 6.40. The first-order chi connectivity index (χ1) is 19.6. The van der Waals surface area contributed by atoms with Crippen LogP contribution in [0.3, 0.4) is 0 Å². The molecule has 0 atom stereocenters. The summed E-state index contributed by atoms with van der Waals surface area (Å²) in [5.74, 6) is 0. The third-order valence-electron chi connectivity index (χ3n) is 8.23. The number of hydrogen-bond acceptors (Lipinski definition) is 2. The third kappa shape index (κ3) is 3.51. The number of aliphatic hydroxyl groups is 2. The van der Waals surface area contributed by atoms with Crippen molar-refractivity contribution in [2.75, 3.05) is 0 Å². The molecular weight excluding hydrogens is 488 g/mol. The summed E-state index contributed by atoms with van der Waals surface area (Å²) in [6.07, 6.45) is 0. The normalized spacial score (nSPS) is 19.4. The van der Waals surface area contributed by atoms with Gasteiger partial charge >= 0.3 is 0 Å². The maximum absolute atomic E-state index is 13.1. The minimum Gasteiger partial charge on any atom is -0.376 e. The van der Waals surface area contributed by atoms with E-state index in [1.807, 2.05) is 158 Å². The Morgan fingerprint density at radius 2 is 0.500 bits per heavy atom. The molecule has 0 saturated carbocycles. The number of hydrogen-bond donors (Lipinski definition) is 2. The average molecular weight is 517 g/mol. The van der Waals surface area contributed by atoms with Crippen molar-refractivity contribution in [3.05, 3.63) is 191 Å². The van der Waals surface area contributed by atoms with E-state index in [9.17, 15) is 10.2 Å².